The molecule has 0 fully saturated rings. The van der Waals surface area contributed by atoms with E-state index >= 15 is 0 Å². The lowest BCUT2D eigenvalue weighted by Crippen LogP contribution is -1.86. The van der Waals surface area contributed by atoms with E-state index in [-0.39, 0.29) is 11.6 Å². The number of phenolic OH excluding ortho intramolecular Hbond substituents is 1. The topological polar surface area (TPSA) is 20.2 Å². The summed E-state index contributed by atoms with van der Waals surface area (Å²) in [4.78, 5) is 0. The van der Waals surface area contributed by atoms with Gasteiger partial charge in [0, 0.05) is 15.6 Å². The molecule has 1 N–H and O–H groups in total. The standard InChI is InChI=1S/C16H10BrFO/c17-12-5-6-15(18)13(9-12)14-7-10-3-1-2-4-11(10)8-16(14)19/h1-9,19H. The smallest absolute Gasteiger partial charge is 0.131 e. The first-order valence-corrected chi connectivity index (χ1v) is 6.61. The van der Waals surface area contributed by atoms with Crippen molar-refractivity contribution in [2.45, 2.75) is 0 Å². The van der Waals surface area contributed by atoms with Crippen LogP contribution < -0.4 is 0 Å². The van der Waals surface area contributed by atoms with Crippen LogP contribution in [0, 0.1) is 5.82 Å². The molecule has 94 valence electrons. The van der Waals surface area contributed by atoms with Gasteiger partial charge in [0.2, 0.25) is 0 Å². The molecular weight excluding hydrogens is 307 g/mol. The normalized spacial score (nSPS) is 10.8. The van der Waals surface area contributed by atoms with E-state index in [4.69, 9.17) is 0 Å². The molecule has 0 aliphatic rings. The molecule has 0 amide bonds. The van der Waals surface area contributed by atoms with E-state index in [0.717, 1.165) is 15.2 Å². The number of benzene rings is 3. The Morgan fingerprint density at radius 3 is 2.26 bits per heavy atom. The molecule has 0 spiro atoms. The maximum absolute atomic E-state index is 13.9. The molecule has 0 saturated carbocycles. The second kappa shape index (κ2) is 4.67. The largest absolute Gasteiger partial charge is 0.507 e. The zero-order chi connectivity index (χ0) is 13.4. The number of aromatic hydroxyl groups is 1. The first kappa shape index (κ1) is 12.2. The van der Waals surface area contributed by atoms with Crippen LogP contribution in [0.1, 0.15) is 0 Å². The van der Waals surface area contributed by atoms with E-state index in [0.29, 0.717) is 11.1 Å². The molecule has 0 bridgehead atoms. The lowest BCUT2D eigenvalue weighted by Gasteiger charge is -2.09. The Morgan fingerprint density at radius 1 is 0.842 bits per heavy atom. The summed E-state index contributed by atoms with van der Waals surface area (Å²) in [6, 6.07) is 15.8. The minimum Gasteiger partial charge on any atom is -0.507 e. The van der Waals surface area contributed by atoms with Crippen LogP contribution >= 0.6 is 15.9 Å². The van der Waals surface area contributed by atoms with Crippen molar-refractivity contribution in [1.29, 1.82) is 0 Å². The highest BCUT2D eigenvalue weighted by atomic mass is 79.9. The van der Waals surface area contributed by atoms with Crippen molar-refractivity contribution in [3.05, 3.63) is 64.9 Å². The minimum absolute atomic E-state index is 0.0794. The van der Waals surface area contributed by atoms with Gasteiger partial charge in [0.05, 0.1) is 0 Å². The van der Waals surface area contributed by atoms with E-state index in [2.05, 4.69) is 15.9 Å². The van der Waals surface area contributed by atoms with Crippen LogP contribution in [0.2, 0.25) is 0 Å². The minimum atomic E-state index is -0.353. The zero-order valence-electron chi connectivity index (χ0n) is 9.90. The highest BCUT2D eigenvalue weighted by Crippen LogP contribution is 2.35. The van der Waals surface area contributed by atoms with Crippen molar-refractivity contribution < 1.29 is 9.50 Å². The second-order valence-electron chi connectivity index (χ2n) is 4.34. The molecule has 19 heavy (non-hydrogen) atoms. The summed E-state index contributed by atoms with van der Waals surface area (Å²) in [5, 5.41) is 12.0. The number of phenols is 1. The van der Waals surface area contributed by atoms with Crippen LogP contribution in [-0.4, -0.2) is 5.11 Å². The Balaban J connectivity index is 2.30. The fourth-order valence-electron chi connectivity index (χ4n) is 2.15. The maximum atomic E-state index is 13.9. The lowest BCUT2D eigenvalue weighted by molar-refractivity contribution is 0.477. The van der Waals surface area contributed by atoms with Gasteiger partial charge in [-0.3, -0.25) is 0 Å². The van der Waals surface area contributed by atoms with Crippen molar-refractivity contribution >= 4 is 26.7 Å². The van der Waals surface area contributed by atoms with E-state index in [1.807, 2.05) is 24.3 Å². The van der Waals surface area contributed by atoms with Gasteiger partial charge < -0.3 is 5.11 Å². The summed E-state index contributed by atoms with van der Waals surface area (Å²) in [6.45, 7) is 0. The molecule has 3 heteroatoms. The van der Waals surface area contributed by atoms with Gasteiger partial charge in [-0.1, -0.05) is 40.2 Å². The Bertz CT molecular complexity index is 768. The van der Waals surface area contributed by atoms with Gasteiger partial charge >= 0.3 is 0 Å². The molecule has 0 atom stereocenters. The first-order valence-electron chi connectivity index (χ1n) is 5.82. The molecule has 0 aromatic heterocycles. The number of fused-ring (bicyclic) bond motifs is 1. The molecule has 0 aliphatic carbocycles. The fourth-order valence-corrected chi connectivity index (χ4v) is 2.51. The van der Waals surface area contributed by atoms with Crippen LogP contribution in [0.4, 0.5) is 4.39 Å². The quantitative estimate of drug-likeness (QED) is 0.661. The number of hydrogen-bond donors (Lipinski definition) is 1. The van der Waals surface area contributed by atoms with Crippen molar-refractivity contribution in [2.24, 2.45) is 0 Å². The zero-order valence-corrected chi connectivity index (χ0v) is 11.5. The van der Waals surface area contributed by atoms with Crippen molar-refractivity contribution in [1.82, 2.24) is 0 Å². The van der Waals surface area contributed by atoms with Gasteiger partial charge in [0.15, 0.2) is 0 Å². The summed E-state index contributed by atoms with van der Waals surface area (Å²) in [6.07, 6.45) is 0. The SMILES string of the molecule is Oc1cc2ccccc2cc1-c1cc(Br)ccc1F. The molecular formula is C16H10BrFO. The van der Waals surface area contributed by atoms with Crippen molar-refractivity contribution in [3.8, 4) is 16.9 Å². The average Bonchev–Trinajstić information content (AvgIpc) is 2.41. The van der Waals surface area contributed by atoms with Crippen LogP contribution in [0.25, 0.3) is 21.9 Å². The number of hydrogen-bond acceptors (Lipinski definition) is 1. The van der Waals surface area contributed by atoms with Gasteiger partial charge in [-0.05, 0) is 41.1 Å². The van der Waals surface area contributed by atoms with E-state index in [1.165, 1.54) is 6.07 Å². The van der Waals surface area contributed by atoms with Gasteiger partial charge in [0.1, 0.15) is 11.6 Å². The molecule has 1 nitrogen and oxygen atoms in total. The third kappa shape index (κ3) is 2.22. The molecule has 0 heterocycles. The lowest BCUT2D eigenvalue weighted by atomic mass is 10.00. The first-order chi connectivity index (χ1) is 9.15. The molecule has 3 aromatic carbocycles. The molecule has 3 rings (SSSR count). The summed E-state index contributed by atoms with van der Waals surface area (Å²) < 4.78 is 14.7. The van der Waals surface area contributed by atoms with Crippen molar-refractivity contribution in [2.75, 3.05) is 0 Å². The molecule has 3 aromatic rings. The number of rotatable bonds is 1. The van der Waals surface area contributed by atoms with Crippen LogP contribution in [0.5, 0.6) is 5.75 Å². The third-order valence-corrected chi connectivity index (χ3v) is 3.58. The predicted molar refractivity (Wildman–Crippen MR) is 78.7 cm³/mol. The molecule has 0 saturated heterocycles. The molecule has 0 aliphatic heterocycles. The fraction of sp³-hybridized carbons (Fsp3) is 0. The highest BCUT2D eigenvalue weighted by Gasteiger charge is 2.11. The van der Waals surface area contributed by atoms with E-state index in [1.54, 1.807) is 24.3 Å². The van der Waals surface area contributed by atoms with Crippen LogP contribution in [0.15, 0.2) is 59.1 Å². The third-order valence-electron chi connectivity index (χ3n) is 3.08. The summed E-state index contributed by atoms with van der Waals surface area (Å²) in [5.74, 6) is -0.274. The highest BCUT2D eigenvalue weighted by molar-refractivity contribution is 9.10. The van der Waals surface area contributed by atoms with Gasteiger partial charge in [-0.15, -0.1) is 0 Å². The Hall–Kier alpha value is -1.87. The summed E-state index contributed by atoms with van der Waals surface area (Å²) >= 11 is 3.32. The second-order valence-corrected chi connectivity index (χ2v) is 5.26. The maximum Gasteiger partial charge on any atom is 0.131 e. The average molecular weight is 317 g/mol. The van der Waals surface area contributed by atoms with E-state index in [9.17, 15) is 9.50 Å². The predicted octanol–water partition coefficient (Wildman–Crippen LogP) is 5.11. The Morgan fingerprint density at radius 2 is 1.53 bits per heavy atom. The van der Waals surface area contributed by atoms with Crippen molar-refractivity contribution in [3.63, 3.8) is 0 Å². The Labute approximate surface area is 118 Å². The van der Waals surface area contributed by atoms with Crippen LogP contribution in [0.3, 0.4) is 0 Å². The van der Waals surface area contributed by atoms with Gasteiger partial charge in [0.25, 0.3) is 0 Å². The van der Waals surface area contributed by atoms with E-state index < -0.39 is 0 Å². The Kier molecular flexibility index (Phi) is 2.99. The van der Waals surface area contributed by atoms with Gasteiger partial charge in [-0.25, -0.2) is 4.39 Å². The van der Waals surface area contributed by atoms with Gasteiger partial charge in [-0.2, -0.15) is 0 Å². The molecule has 0 unspecified atom stereocenters. The van der Waals surface area contributed by atoms with Crippen LogP contribution in [-0.2, 0) is 0 Å². The monoisotopic (exact) mass is 316 g/mol. The summed E-state index contributed by atoms with van der Waals surface area (Å²) in [7, 11) is 0. The number of halogens is 2. The summed E-state index contributed by atoms with van der Waals surface area (Å²) in [5.41, 5.74) is 0.884. The molecule has 0 radical (unpaired) electrons.